The van der Waals surface area contributed by atoms with Gasteiger partial charge in [-0.15, -0.1) is 0 Å². The fraction of sp³-hybridized carbons (Fsp3) is 0.385. The fourth-order valence-corrected chi connectivity index (χ4v) is 2.57. The van der Waals surface area contributed by atoms with Crippen molar-refractivity contribution in [2.45, 2.75) is 20.3 Å². The zero-order valence-electron chi connectivity index (χ0n) is 10.4. The summed E-state index contributed by atoms with van der Waals surface area (Å²) in [5.41, 5.74) is 1.74. The number of aromatic nitrogens is 1. The molecule has 3 nitrogen and oxygen atoms in total. The molecule has 0 fully saturated rings. The van der Waals surface area contributed by atoms with Crippen molar-refractivity contribution in [1.82, 2.24) is 9.27 Å². The number of aryl methyl sites for hydroxylation is 1. The summed E-state index contributed by atoms with van der Waals surface area (Å²) in [5.74, 6) is 0.0173. The van der Waals surface area contributed by atoms with E-state index in [0.29, 0.717) is 5.69 Å². The topological polar surface area (TPSA) is 33.2 Å². The van der Waals surface area contributed by atoms with Gasteiger partial charge in [0.25, 0.3) is 5.91 Å². The molecular formula is C13H16N2OS. The lowest BCUT2D eigenvalue weighted by Crippen LogP contribution is -2.27. The van der Waals surface area contributed by atoms with Crippen LogP contribution in [0.1, 0.15) is 29.4 Å². The lowest BCUT2D eigenvalue weighted by atomic mass is 10.1. The highest BCUT2D eigenvalue weighted by atomic mass is 32.1. The average molecular weight is 248 g/mol. The molecule has 1 heterocycles. The number of fused-ring (bicyclic) bond motifs is 1. The molecule has 1 aromatic heterocycles. The third-order valence-electron chi connectivity index (χ3n) is 2.73. The summed E-state index contributed by atoms with van der Waals surface area (Å²) in [4.78, 5) is 13.9. The molecule has 0 unspecified atom stereocenters. The van der Waals surface area contributed by atoms with Crippen LogP contribution in [0.3, 0.4) is 0 Å². The van der Waals surface area contributed by atoms with Gasteiger partial charge in [0.05, 0.1) is 4.70 Å². The molecule has 0 radical (unpaired) electrons. The Morgan fingerprint density at radius 2 is 2.24 bits per heavy atom. The minimum absolute atomic E-state index is 0.0173. The van der Waals surface area contributed by atoms with Crippen LogP contribution in [0.2, 0.25) is 0 Å². The maximum absolute atomic E-state index is 12.2. The maximum Gasteiger partial charge on any atom is 0.273 e. The molecule has 0 saturated heterocycles. The van der Waals surface area contributed by atoms with E-state index < -0.39 is 0 Å². The maximum atomic E-state index is 12.2. The van der Waals surface area contributed by atoms with E-state index >= 15 is 0 Å². The van der Waals surface area contributed by atoms with Crippen LogP contribution in [0.15, 0.2) is 18.2 Å². The predicted molar refractivity (Wildman–Crippen MR) is 71.6 cm³/mol. The van der Waals surface area contributed by atoms with Crippen molar-refractivity contribution in [3.8, 4) is 0 Å². The van der Waals surface area contributed by atoms with Crippen molar-refractivity contribution in [3.05, 3.63) is 29.5 Å². The van der Waals surface area contributed by atoms with E-state index in [1.54, 1.807) is 4.90 Å². The zero-order valence-corrected chi connectivity index (χ0v) is 11.2. The number of hydrogen-bond acceptors (Lipinski definition) is 3. The number of rotatable bonds is 3. The second kappa shape index (κ2) is 4.84. The predicted octanol–water partition coefficient (Wildman–Crippen LogP) is 3.09. The molecule has 0 atom stereocenters. The van der Waals surface area contributed by atoms with Gasteiger partial charge in [0.2, 0.25) is 0 Å². The molecule has 1 aromatic carbocycles. The van der Waals surface area contributed by atoms with Gasteiger partial charge in [0.15, 0.2) is 0 Å². The Hall–Kier alpha value is -1.42. The van der Waals surface area contributed by atoms with Gasteiger partial charge in [-0.3, -0.25) is 4.79 Å². The van der Waals surface area contributed by atoms with E-state index in [1.165, 1.54) is 11.5 Å². The van der Waals surface area contributed by atoms with Crippen LogP contribution in [0.5, 0.6) is 0 Å². The Morgan fingerprint density at radius 1 is 1.47 bits per heavy atom. The van der Waals surface area contributed by atoms with E-state index in [-0.39, 0.29) is 5.91 Å². The van der Waals surface area contributed by atoms with Crippen LogP contribution in [0, 0.1) is 6.92 Å². The zero-order chi connectivity index (χ0) is 12.4. The van der Waals surface area contributed by atoms with Crippen molar-refractivity contribution in [3.63, 3.8) is 0 Å². The largest absolute Gasteiger partial charge is 0.340 e. The summed E-state index contributed by atoms with van der Waals surface area (Å²) in [7, 11) is 1.83. The minimum atomic E-state index is 0.0173. The van der Waals surface area contributed by atoms with Crippen molar-refractivity contribution in [2.75, 3.05) is 13.6 Å². The normalized spacial score (nSPS) is 10.8. The Labute approximate surface area is 105 Å². The van der Waals surface area contributed by atoms with Gasteiger partial charge in [-0.05, 0) is 37.0 Å². The third kappa shape index (κ3) is 2.31. The van der Waals surface area contributed by atoms with Crippen LogP contribution < -0.4 is 0 Å². The van der Waals surface area contributed by atoms with Gasteiger partial charge in [0.1, 0.15) is 5.69 Å². The van der Waals surface area contributed by atoms with Gasteiger partial charge in [-0.1, -0.05) is 18.6 Å². The van der Waals surface area contributed by atoms with Crippen molar-refractivity contribution >= 4 is 27.5 Å². The summed E-state index contributed by atoms with van der Waals surface area (Å²) in [6, 6.07) is 6.11. The van der Waals surface area contributed by atoms with Gasteiger partial charge in [0, 0.05) is 19.0 Å². The number of nitrogens with zero attached hydrogens (tertiary/aromatic N) is 2. The Kier molecular flexibility index (Phi) is 3.43. The molecule has 0 aliphatic carbocycles. The summed E-state index contributed by atoms with van der Waals surface area (Å²) >= 11 is 1.39. The molecule has 4 heteroatoms. The van der Waals surface area contributed by atoms with Crippen molar-refractivity contribution in [1.29, 1.82) is 0 Å². The molecule has 2 rings (SSSR count). The summed E-state index contributed by atoms with van der Waals surface area (Å²) in [5, 5.41) is 0.975. The van der Waals surface area contributed by atoms with Crippen molar-refractivity contribution < 1.29 is 4.79 Å². The summed E-state index contributed by atoms with van der Waals surface area (Å²) < 4.78 is 5.36. The van der Waals surface area contributed by atoms with E-state index in [0.717, 1.165) is 28.6 Å². The highest BCUT2D eigenvalue weighted by molar-refractivity contribution is 7.13. The lowest BCUT2D eigenvalue weighted by Gasteiger charge is -2.14. The highest BCUT2D eigenvalue weighted by Crippen LogP contribution is 2.24. The molecule has 2 aromatic rings. The molecule has 0 saturated carbocycles. The second-order valence-electron chi connectivity index (χ2n) is 4.26. The van der Waals surface area contributed by atoms with E-state index in [4.69, 9.17) is 0 Å². The van der Waals surface area contributed by atoms with Crippen LogP contribution in [-0.2, 0) is 0 Å². The van der Waals surface area contributed by atoms with Gasteiger partial charge in [-0.2, -0.15) is 4.37 Å². The van der Waals surface area contributed by atoms with Gasteiger partial charge in [-0.25, -0.2) is 0 Å². The molecule has 0 aliphatic rings. The third-order valence-corrected chi connectivity index (χ3v) is 3.56. The standard InChI is InChI=1S/C13H16N2OS/c1-4-7-15(3)13(16)12-10-8-9(2)5-6-11(10)17-14-12/h5-6,8H,4,7H2,1-3H3. The minimum Gasteiger partial charge on any atom is -0.340 e. The second-order valence-corrected chi connectivity index (χ2v) is 5.06. The van der Waals surface area contributed by atoms with Crippen LogP contribution >= 0.6 is 11.5 Å². The summed E-state index contributed by atoms with van der Waals surface area (Å²) in [6.45, 7) is 4.86. The lowest BCUT2D eigenvalue weighted by molar-refractivity contribution is 0.0792. The van der Waals surface area contributed by atoms with Crippen molar-refractivity contribution in [2.24, 2.45) is 0 Å². The van der Waals surface area contributed by atoms with Gasteiger partial charge < -0.3 is 4.90 Å². The first-order valence-corrected chi connectivity index (χ1v) is 6.52. The van der Waals surface area contributed by atoms with E-state index in [2.05, 4.69) is 11.3 Å². The smallest absolute Gasteiger partial charge is 0.273 e. The molecule has 0 aliphatic heterocycles. The van der Waals surface area contributed by atoms with Crippen LogP contribution in [0.4, 0.5) is 0 Å². The molecule has 0 N–H and O–H groups in total. The number of benzene rings is 1. The van der Waals surface area contributed by atoms with Gasteiger partial charge >= 0.3 is 0 Å². The Morgan fingerprint density at radius 3 is 2.94 bits per heavy atom. The monoisotopic (exact) mass is 248 g/mol. The highest BCUT2D eigenvalue weighted by Gasteiger charge is 2.17. The number of carbonyl (C=O) groups is 1. The van der Waals surface area contributed by atoms with E-state index in [9.17, 15) is 4.79 Å². The molecule has 17 heavy (non-hydrogen) atoms. The first kappa shape index (κ1) is 12.0. The molecule has 0 bridgehead atoms. The fourth-order valence-electron chi connectivity index (χ4n) is 1.82. The number of hydrogen-bond donors (Lipinski definition) is 0. The average Bonchev–Trinajstić information content (AvgIpc) is 2.71. The Balaban J connectivity index is 2.41. The van der Waals surface area contributed by atoms with Crippen LogP contribution in [0.25, 0.3) is 10.1 Å². The number of carbonyl (C=O) groups excluding carboxylic acids is 1. The molecule has 0 spiro atoms. The molecule has 1 amide bonds. The Bertz CT molecular complexity index is 547. The summed E-state index contributed by atoms with van der Waals surface area (Å²) in [6.07, 6.45) is 0.962. The molecular weight excluding hydrogens is 232 g/mol. The number of amides is 1. The first-order valence-electron chi connectivity index (χ1n) is 5.75. The van der Waals surface area contributed by atoms with Crippen LogP contribution in [-0.4, -0.2) is 28.8 Å². The quantitative estimate of drug-likeness (QED) is 0.836. The first-order chi connectivity index (χ1) is 8.13. The molecule has 90 valence electrons. The SMILES string of the molecule is CCCN(C)C(=O)c1nsc2ccc(C)cc12. The van der Waals surface area contributed by atoms with E-state index in [1.807, 2.05) is 32.2 Å².